The molecule has 142 valence electrons. The van der Waals surface area contributed by atoms with Crippen LogP contribution in [-0.2, 0) is 19.6 Å². The molecule has 1 saturated heterocycles. The SMILES string of the molecule is COC(=O)C1CC12CCN(C(=O)c1ccc(N(C)S(C)(=O)=O)cc1)CC2. The zero-order chi connectivity index (χ0) is 19.1. The predicted molar refractivity (Wildman–Crippen MR) is 97.4 cm³/mol. The number of ether oxygens (including phenoxy) is 1. The van der Waals surface area contributed by atoms with Crippen molar-refractivity contribution in [3.8, 4) is 0 Å². The summed E-state index contributed by atoms with van der Waals surface area (Å²) in [6.07, 6.45) is 3.62. The lowest BCUT2D eigenvalue weighted by Gasteiger charge is -2.32. The van der Waals surface area contributed by atoms with Gasteiger partial charge in [-0.05, 0) is 48.9 Å². The van der Waals surface area contributed by atoms with E-state index in [1.807, 2.05) is 0 Å². The lowest BCUT2D eigenvalue weighted by Crippen LogP contribution is -2.40. The van der Waals surface area contributed by atoms with Gasteiger partial charge in [-0.2, -0.15) is 0 Å². The Labute approximate surface area is 154 Å². The first-order chi connectivity index (χ1) is 12.2. The third-order valence-corrected chi connectivity index (χ3v) is 6.90. The molecule has 26 heavy (non-hydrogen) atoms. The third kappa shape index (κ3) is 3.42. The van der Waals surface area contributed by atoms with E-state index < -0.39 is 10.0 Å². The number of sulfonamides is 1. The number of anilines is 1. The van der Waals surface area contributed by atoms with Gasteiger partial charge < -0.3 is 9.64 Å². The van der Waals surface area contributed by atoms with Crippen LogP contribution in [-0.4, -0.2) is 58.7 Å². The maximum atomic E-state index is 12.7. The van der Waals surface area contributed by atoms with Crippen LogP contribution in [0.4, 0.5) is 5.69 Å². The van der Waals surface area contributed by atoms with E-state index in [0.717, 1.165) is 25.5 Å². The van der Waals surface area contributed by atoms with Crippen molar-refractivity contribution in [1.29, 1.82) is 0 Å². The van der Waals surface area contributed by atoms with Gasteiger partial charge in [-0.3, -0.25) is 13.9 Å². The molecular weight excluding hydrogens is 356 g/mol. The van der Waals surface area contributed by atoms with E-state index in [0.29, 0.717) is 24.3 Å². The minimum Gasteiger partial charge on any atom is -0.469 e. The number of piperidine rings is 1. The number of carbonyl (C=O) groups is 2. The van der Waals surface area contributed by atoms with E-state index in [4.69, 9.17) is 4.74 Å². The number of hydrogen-bond donors (Lipinski definition) is 0. The number of nitrogens with zero attached hydrogens (tertiary/aromatic N) is 2. The van der Waals surface area contributed by atoms with E-state index in [2.05, 4.69) is 0 Å². The van der Waals surface area contributed by atoms with Crippen LogP contribution >= 0.6 is 0 Å². The van der Waals surface area contributed by atoms with Crippen molar-refractivity contribution < 1.29 is 22.7 Å². The molecule has 0 radical (unpaired) electrons. The average Bonchev–Trinajstić information content (AvgIpc) is 3.33. The van der Waals surface area contributed by atoms with E-state index in [1.54, 1.807) is 29.2 Å². The van der Waals surface area contributed by atoms with Crippen molar-refractivity contribution in [2.75, 3.05) is 37.8 Å². The Hall–Kier alpha value is -2.09. The number of carbonyl (C=O) groups excluding carboxylic acids is 2. The minimum atomic E-state index is -3.33. The standard InChI is InChI=1S/C18H24N2O5S/c1-19(26(3,23)24)14-6-4-13(5-7-14)16(21)20-10-8-18(9-11-20)12-15(18)17(22)25-2/h4-7,15H,8-12H2,1-3H3. The summed E-state index contributed by atoms with van der Waals surface area (Å²) in [6.45, 7) is 1.24. The molecule has 1 spiro atoms. The first kappa shape index (κ1) is 18.7. The molecule has 1 aliphatic heterocycles. The summed E-state index contributed by atoms with van der Waals surface area (Å²) in [5.74, 6) is -0.227. The molecule has 2 fully saturated rings. The predicted octanol–water partition coefficient (Wildman–Crippen LogP) is 1.50. The maximum absolute atomic E-state index is 12.7. The number of esters is 1. The summed E-state index contributed by atoms with van der Waals surface area (Å²) in [7, 11) is -0.439. The Bertz CT molecular complexity index is 810. The minimum absolute atomic E-state index is 0.0180. The second-order valence-corrected chi connectivity index (χ2v) is 9.23. The van der Waals surface area contributed by atoms with Gasteiger partial charge in [0.15, 0.2) is 0 Å². The normalized spacial score (nSPS) is 21.3. The fourth-order valence-electron chi connectivity index (χ4n) is 3.72. The van der Waals surface area contributed by atoms with Crippen molar-refractivity contribution in [1.82, 2.24) is 4.90 Å². The van der Waals surface area contributed by atoms with Gasteiger partial charge >= 0.3 is 5.97 Å². The van der Waals surface area contributed by atoms with Crippen LogP contribution in [0.1, 0.15) is 29.6 Å². The number of rotatable bonds is 4. The fourth-order valence-corrected chi connectivity index (χ4v) is 4.22. The highest BCUT2D eigenvalue weighted by Gasteiger charge is 2.59. The molecule has 8 heteroatoms. The summed E-state index contributed by atoms with van der Waals surface area (Å²) in [4.78, 5) is 26.2. The molecule has 7 nitrogen and oxygen atoms in total. The lowest BCUT2D eigenvalue weighted by atomic mass is 9.90. The highest BCUT2D eigenvalue weighted by Crippen LogP contribution is 2.59. The van der Waals surface area contributed by atoms with E-state index in [9.17, 15) is 18.0 Å². The van der Waals surface area contributed by atoms with Gasteiger partial charge in [-0.15, -0.1) is 0 Å². The quantitative estimate of drug-likeness (QED) is 0.739. The number of amides is 1. The topological polar surface area (TPSA) is 84.0 Å². The van der Waals surface area contributed by atoms with E-state index in [-0.39, 0.29) is 23.2 Å². The monoisotopic (exact) mass is 380 g/mol. The molecule has 2 aliphatic rings. The summed E-state index contributed by atoms with van der Waals surface area (Å²) in [5, 5.41) is 0. The third-order valence-electron chi connectivity index (χ3n) is 5.70. The van der Waals surface area contributed by atoms with Gasteiger partial charge in [0.1, 0.15) is 0 Å². The average molecular weight is 380 g/mol. The first-order valence-corrected chi connectivity index (χ1v) is 10.4. The smallest absolute Gasteiger partial charge is 0.309 e. The summed E-state index contributed by atoms with van der Waals surface area (Å²) >= 11 is 0. The number of benzene rings is 1. The Morgan fingerprint density at radius 2 is 1.77 bits per heavy atom. The van der Waals surface area contributed by atoms with Gasteiger partial charge in [-0.1, -0.05) is 0 Å². The molecule has 1 unspecified atom stereocenters. The molecule has 0 bridgehead atoms. The maximum Gasteiger partial charge on any atom is 0.309 e. The second-order valence-electron chi connectivity index (χ2n) is 7.21. The zero-order valence-corrected chi connectivity index (χ0v) is 16.1. The molecule has 1 heterocycles. The molecule has 1 aromatic carbocycles. The van der Waals surface area contributed by atoms with Crippen molar-refractivity contribution in [3.05, 3.63) is 29.8 Å². The van der Waals surface area contributed by atoms with Crippen molar-refractivity contribution in [2.45, 2.75) is 19.3 Å². The van der Waals surface area contributed by atoms with Gasteiger partial charge in [0, 0.05) is 25.7 Å². The van der Waals surface area contributed by atoms with Crippen LogP contribution in [0, 0.1) is 11.3 Å². The number of hydrogen-bond acceptors (Lipinski definition) is 5. The molecule has 3 rings (SSSR count). The van der Waals surface area contributed by atoms with Gasteiger partial charge in [0.05, 0.1) is 25.0 Å². The first-order valence-electron chi connectivity index (χ1n) is 8.59. The summed E-state index contributed by atoms with van der Waals surface area (Å²) < 4.78 is 29.2. The highest BCUT2D eigenvalue weighted by atomic mass is 32.2. The zero-order valence-electron chi connectivity index (χ0n) is 15.3. The van der Waals surface area contributed by atoms with Crippen molar-refractivity contribution in [2.24, 2.45) is 11.3 Å². The molecule has 0 aromatic heterocycles. The van der Waals surface area contributed by atoms with Crippen LogP contribution in [0.25, 0.3) is 0 Å². The Morgan fingerprint density at radius 1 is 1.19 bits per heavy atom. The molecule has 1 amide bonds. The number of methoxy groups -OCH3 is 1. The molecule has 1 aliphatic carbocycles. The molecule has 0 N–H and O–H groups in total. The van der Waals surface area contributed by atoms with E-state index in [1.165, 1.54) is 18.5 Å². The molecule has 1 aromatic rings. The van der Waals surface area contributed by atoms with Crippen LogP contribution < -0.4 is 4.31 Å². The van der Waals surface area contributed by atoms with E-state index >= 15 is 0 Å². The van der Waals surface area contributed by atoms with Crippen LogP contribution in [0.15, 0.2) is 24.3 Å². The van der Waals surface area contributed by atoms with Gasteiger partial charge in [0.25, 0.3) is 5.91 Å². The summed E-state index contributed by atoms with van der Waals surface area (Å²) in [6, 6.07) is 6.57. The van der Waals surface area contributed by atoms with Crippen LogP contribution in [0.5, 0.6) is 0 Å². The fraction of sp³-hybridized carbons (Fsp3) is 0.556. The Morgan fingerprint density at radius 3 is 2.27 bits per heavy atom. The van der Waals surface area contributed by atoms with Crippen LogP contribution in [0.3, 0.4) is 0 Å². The van der Waals surface area contributed by atoms with Crippen molar-refractivity contribution in [3.63, 3.8) is 0 Å². The van der Waals surface area contributed by atoms with Gasteiger partial charge in [0.2, 0.25) is 10.0 Å². The Balaban J connectivity index is 1.62. The van der Waals surface area contributed by atoms with Crippen LogP contribution in [0.2, 0.25) is 0 Å². The summed E-state index contributed by atoms with van der Waals surface area (Å²) in [5.41, 5.74) is 1.07. The molecule has 1 saturated carbocycles. The second kappa shape index (κ2) is 6.57. The lowest BCUT2D eigenvalue weighted by molar-refractivity contribution is -0.143. The Kier molecular flexibility index (Phi) is 4.72. The van der Waals surface area contributed by atoms with Crippen molar-refractivity contribution >= 4 is 27.6 Å². The molecule has 1 atom stereocenters. The number of likely N-dealkylation sites (tertiary alicyclic amines) is 1. The van der Waals surface area contributed by atoms with Gasteiger partial charge in [-0.25, -0.2) is 8.42 Å². The largest absolute Gasteiger partial charge is 0.469 e. The molecular formula is C18H24N2O5S. The highest BCUT2D eigenvalue weighted by molar-refractivity contribution is 7.92.